The molecule has 0 spiro atoms. The van der Waals surface area contributed by atoms with Gasteiger partial charge in [0.05, 0.1) is 55.4 Å². The quantitative estimate of drug-likeness (QED) is 0.275. The van der Waals surface area contributed by atoms with Crippen molar-refractivity contribution in [3.05, 3.63) is 0 Å². The SMILES string of the molecule is C[N+](C)(C)CC[C@@H]1C[C@@H]1CC[N+](C)(C)C.[I-].[I-]. The Morgan fingerprint density at radius 2 is 1.00 bits per heavy atom. The highest BCUT2D eigenvalue weighted by atomic mass is 127. The summed E-state index contributed by atoms with van der Waals surface area (Å²) in [6.45, 7) is 2.68. The van der Waals surface area contributed by atoms with E-state index in [1.165, 1.54) is 32.4 Å². The van der Waals surface area contributed by atoms with Crippen LogP contribution in [0.1, 0.15) is 19.3 Å². The minimum absolute atomic E-state index is 0. The molecule has 0 radical (unpaired) electrons. The van der Waals surface area contributed by atoms with Crippen molar-refractivity contribution in [2.75, 3.05) is 55.4 Å². The van der Waals surface area contributed by atoms with E-state index in [0.717, 1.165) is 20.8 Å². The second kappa shape index (κ2) is 7.85. The molecule has 1 rings (SSSR count). The third-order valence-corrected chi connectivity index (χ3v) is 3.41. The van der Waals surface area contributed by atoms with Crippen LogP contribution in [0.5, 0.6) is 0 Å². The van der Waals surface area contributed by atoms with Gasteiger partial charge in [0.25, 0.3) is 0 Å². The Morgan fingerprint density at radius 3 is 1.24 bits per heavy atom. The molecular weight excluding hydrogens is 438 g/mol. The molecule has 0 N–H and O–H groups in total. The molecule has 0 unspecified atom stereocenters. The van der Waals surface area contributed by atoms with Gasteiger partial charge in [-0.15, -0.1) is 0 Å². The fourth-order valence-electron chi connectivity index (χ4n) is 2.12. The van der Waals surface area contributed by atoms with Gasteiger partial charge in [0.2, 0.25) is 0 Å². The maximum absolute atomic E-state index is 2.30. The lowest BCUT2D eigenvalue weighted by Gasteiger charge is -2.24. The van der Waals surface area contributed by atoms with Gasteiger partial charge in [-0.3, -0.25) is 0 Å². The van der Waals surface area contributed by atoms with Crippen molar-refractivity contribution < 1.29 is 56.9 Å². The van der Waals surface area contributed by atoms with E-state index in [1.54, 1.807) is 0 Å². The number of halogens is 2. The first-order valence-electron chi connectivity index (χ1n) is 6.28. The van der Waals surface area contributed by atoms with Crippen LogP contribution in [0.25, 0.3) is 0 Å². The van der Waals surface area contributed by atoms with E-state index in [4.69, 9.17) is 0 Å². The van der Waals surface area contributed by atoms with Crippen molar-refractivity contribution in [2.45, 2.75) is 19.3 Å². The maximum atomic E-state index is 2.30. The summed E-state index contributed by atoms with van der Waals surface area (Å²) < 4.78 is 2.25. The first-order chi connectivity index (χ1) is 6.67. The summed E-state index contributed by atoms with van der Waals surface area (Å²) in [7, 11) is 13.8. The Kier molecular flexibility index (Phi) is 9.55. The normalized spacial score (nSPS) is 23.6. The number of rotatable bonds is 6. The first kappa shape index (κ1) is 20.7. The third kappa shape index (κ3) is 10.9. The predicted molar refractivity (Wildman–Crippen MR) is 66.6 cm³/mol. The third-order valence-electron chi connectivity index (χ3n) is 3.41. The average molecular weight is 468 g/mol. The van der Waals surface area contributed by atoms with Crippen molar-refractivity contribution in [3.63, 3.8) is 0 Å². The van der Waals surface area contributed by atoms with E-state index in [9.17, 15) is 0 Å². The molecule has 0 bridgehead atoms. The topological polar surface area (TPSA) is 0 Å². The molecule has 1 saturated carbocycles. The molecular formula is C13H30I2N2. The summed E-state index contributed by atoms with van der Waals surface area (Å²) in [6, 6.07) is 0. The lowest BCUT2D eigenvalue weighted by atomic mass is 10.1. The lowest BCUT2D eigenvalue weighted by molar-refractivity contribution is -0.871. The van der Waals surface area contributed by atoms with Gasteiger partial charge >= 0.3 is 0 Å². The summed E-state index contributed by atoms with van der Waals surface area (Å²) in [4.78, 5) is 0. The number of hydrogen-bond acceptors (Lipinski definition) is 0. The molecule has 1 aliphatic rings. The van der Waals surface area contributed by atoms with Crippen molar-refractivity contribution in [2.24, 2.45) is 11.8 Å². The van der Waals surface area contributed by atoms with Gasteiger partial charge in [0.15, 0.2) is 0 Å². The van der Waals surface area contributed by atoms with Gasteiger partial charge in [0.1, 0.15) is 0 Å². The molecule has 0 saturated heterocycles. The highest BCUT2D eigenvalue weighted by Crippen LogP contribution is 2.44. The molecule has 0 aromatic carbocycles. The number of hydrogen-bond donors (Lipinski definition) is 0. The summed E-state index contributed by atoms with van der Waals surface area (Å²) in [5.41, 5.74) is 0. The summed E-state index contributed by atoms with van der Waals surface area (Å²) in [5.74, 6) is 2.10. The molecule has 4 heteroatoms. The van der Waals surface area contributed by atoms with Crippen molar-refractivity contribution >= 4 is 0 Å². The Morgan fingerprint density at radius 1 is 0.706 bits per heavy atom. The zero-order valence-electron chi connectivity index (χ0n) is 12.3. The minimum atomic E-state index is 0. The molecule has 1 fully saturated rings. The summed E-state index contributed by atoms with van der Waals surface area (Å²) in [5, 5.41) is 0. The molecule has 0 heterocycles. The lowest BCUT2D eigenvalue weighted by Crippen LogP contribution is -3.00. The van der Waals surface area contributed by atoms with Gasteiger partial charge < -0.3 is 56.9 Å². The highest BCUT2D eigenvalue weighted by Gasteiger charge is 2.38. The monoisotopic (exact) mass is 468 g/mol. The molecule has 0 aromatic rings. The molecule has 0 aromatic heterocycles. The predicted octanol–water partition coefficient (Wildman–Crippen LogP) is -4.18. The minimum Gasteiger partial charge on any atom is -1.00 e. The van der Waals surface area contributed by atoms with E-state index < -0.39 is 0 Å². The van der Waals surface area contributed by atoms with E-state index in [0.29, 0.717) is 0 Å². The van der Waals surface area contributed by atoms with Gasteiger partial charge in [-0.1, -0.05) is 0 Å². The van der Waals surface area contributed by atoms with Gasteiger partial charge in [0, 0.05) is 0 Å². The standard InChI is InChI=1S/C13H30N2.2HI/c1-14(2,3)9-7-12-11-13(12)8-10-15(4,5)6;;/h12-13H,7-11H2,1-6H3;2*1H/q+2;;/p-2/t12-,13+;;. The van der Waals surface area contributed by atoms with Crippen LogP contribution in [0.4, 0.5) is 0 Å². The van der Waals surface area contributed by atoms with Crippen LogP contribution in [0.2, 0.25) is 0 Å². The van der Waals surface area contributed by atoms with Gasteiger partial charge in [-0.05, 0) is 31.1 Å². The molecule has 17 heavy (non-hydrogen) atoms. The van der Waals surface area contributed by atoms with Crippen LogP contribution < -0.4 is 48.0 Å². The molecule has 106 valence electrons. The second-order valence-corrected chi connectivity index (χ2v) is 7.36. The second-order valence-electron chi connectivity index (χ2n) is 7.36. The van der Waals surface area contributed by atoms with Crippen LogP contribution in [-0.2, 0) is 0 Å². The first-order valence-corrected chi connectivity index (χ1v) is 6.28. The van der Waals surface area contributed by atoms with Gasteiger partial charge in [-0.2, -0.15) is 0 Å². The number of quaternary nitrogens is 2. The molecule has 0 amide bonds. The van der Waals surface area contributed by atoms with E-state index in [2.05, 4.69) is 42.3 Å². The Hall–Kier alpha value is 1.38. The Balaban J connectivity index is 0. The van der Waals surface area contributed by atoms with Crippen LogP contribution in [0, 0.1) is 11.8 Å². The zero-order chi connectivity index (χ0) is 11.7. The maximum Gasteiger partial charge on any atom is 0.0783 e. The smallest absolute Gasteiger partial charge is 0.0783 e. The zero-order valence-corrected chi connectivity index (χ0v) is 16.7. The molecule has 1 aliphatic carbocycles. The fraction of sp³-hybridized carbons (Fsp3) is 1.00. The molecule has 2 atom stereocenters. The molecule has 0 aliphatic heterocycles. The van der Waals surface area contributed by atoms with E-state index in [1.807, 2.05) is 0 Å². The number of nitrogens with zero attached hydrogens (tertiary/aromatic N) is 2. The average Bonchev–Trinajstić information content (AvgIpc) is 2.73. The van der Waals surface area contributed by atoms with Crippen molar-refractivity contribution in [1.29, 1.82) is 0 Å². The van der Waals surface area contributed by atoms with Gasteiger partial charge in [-0.25, -0.2) is 0 Å². The van der Waals surface area contributed by atoms with Crippen LogP contribution in [0.3, 0.4) is 0 Å². The summed E-state index contributed by atoms with van der Waals surface area (Å²) in [6.07, 6.45) is 4.37. The Labute approximate surface area is 142 Å². The van der Waals surface area contributed by atoms with Crippen LogP contribution in [0.15, 0.2) is 0 Å². The fourth-order valence-corrected chi connectivity index (χ4v) is 2.12. The Bertz CT molecular complexity index is 184. The summed E-state index contributed by atoms with van der Waals surface area (Å²) >= 11 is 0. The van der Waals surface area contributed by atoms with Crippen LogP contribution in [-0.4, -0.2) is 64.3 Å². The largest absolute Gasteiger partial charge is 1.00 e. The highest BCUT2D eigenvalue weighted by molar-refractivity contribution is 4.85. The van der Waals surface area contributed by atoms with E-state index >= 15 is 0 Å². The molecule has 2 nitrogen and oxygen atoms in total. The van der Waals surface area contributed by atoms with Crippen LogP contribution >= 0.6 is 0 Å². The van der Waals surface area contributed by atoms with Crippen molar-refractivity contribution in [1.82, 2.24) is 0 Å². The van der Waals surface area contributed by atoms with Crippen molar-refractivity contribution in [3.8, 4) is 0 Å². The van der Waals surface area contributed by atoms with E-state index in [-0.39, 0.29) is 48.0 Å².